The lowest BCUT2D eigenvalue weighted by Crippen LogP contribution is -2.41. The molecule has 2 aliphatic rings. The minimum Gasteiger partial charge on any atom is -0.343 e. The van der Waals surface area contributed by atoms with Crippen LogP contribution in [-0.2, 0) is 12.0 Å². The SMILES string of the molecule is CC(C)(C)N1/C=C/CC/C=C/c2c1ccc1ccc(CC(C)(C)n3c4c(c5ccc6ccccc6c53)=CCCC=4)cc21. The van der Waals surface area contributed by atoms with Crippen molar-refractivity contribution >= 4 is 56.4 Å². The first-order chi connectivity index (χ1) is 20.2. The average Bonchev–Trinajstić information content (AvgIpc) is 3.36. The summed E-state index contributed by atoms with van der Waals surface area (Å²) in [5.74, 6) is 0. The number of aromatic nitrogens is 1. The Morgan fingerprint density at radius 3 is 2.29 bits per heavy atom. The highest BCUT2D eigenvalue weighted by Gasteiger charge is 2.27. The highest BCUT2D eigenvalue weighted by molar-refractivity contribution is 6.06. The van der Waals surface area contributed by atoms with Gasteiger partial charge in [-0.25, -0.2) is 0 Å². The molecule has 1 aliphatic heterocycles. The van der Waals surface area contributed by atoms with Crippen LogP contribution in [0.25, 0.3) is 50.7 Å². The summed E-state index contributed by atoms with van der Waals surface area (Å²) in [4.78, 5) is 2.45. The Balaban J connectivity index is 1.41. The van der Waals surface area contributed by atoms with Gasteiger partial charge in [-0.2, -0.15) is 0 Å². The molecule has 0 saturated carbocycles. The van der Waals surface area contributed by atoms with Crippen molar-refractivity contribution in [3.8, 4) is 0 Å². The summed E-state index contributed by atoms with van der Waals surface area (Å²) in [7, 11) is 0. The van der Waals surface area contributed by atoms with Crippen molar-refractivity contribution in [3.63, 3.8) is 0 Å². The van der Waals surface area contributed by atoms with Gasteiger partial charge in [0.2, 0.25) is 0 Å². The Morgan fingerprint density at radius 1 is 0.690 bits per heavy atom. The van der Waals surface area contributed by atoms with Gasteiger partial charge in [-0.3, -0.25) is 0 Å². The number of fused-ring (bicyclic) bond motifs is 8. The molecule has 0 amide bonds. The molecule has 0 radical (unpaired) electrons. The number of hydrogen-bond donors (Lipinski definition) is 0. The first kappa shape index (κ1) is 26.8. The van der Waals surface area contributed by atoms with E-state index in [-0.39, 0.29) is 11.1 Å². The number of benzene rings is 4. The minimum absolute atomic E-state index is 0.0123. The molecule has 1 aromatic heterocycles. The van der Waals surface area contributed by atoms with Crippen molar-refractivity contribution in [2.24, 2.45) is 0 Å². The van der Waals surface area contributed by atoms with E-state index >= 15 is 0 Å². The second-order valence-electron chi connectivity index (χ2n) is 13.8. The van der Waals surface area contributed by atoms with E-state index in [0.717, 1.165) is 32.1 Å². The topological polar surface area (TPSA) is 8.17 Å². The lowest BCUT2D eigenvalue weighted by molar-refractivity contribution is 0.357. The van der Waals surface area contributed by atoms with Crippen LogP contribution in [0.1, 0.15) is 71.4 Å². The third-order valence-electron chi connectivity index (χ3n) is 9.15. The predicted molar refractivity (Wildman–Crippen MR) is 183 cm³/mol. The number of rotatable bonds is 3. The first-order valence-electron chi connectivity index (χ1n) is 15.6. The second-order valence-corrected chi connectivity index (χ2v) is 13.8. The summed E-state index contributed by atoms with van der Waals surface area (Å²) in [5.41, 5.74) is 5.22. The van der Waals surface area contributed by atoms with Gasteiger partial charge in [-0.15, -0.1) is 0 Å². The van der Waals surface area contributed by atoms with Gasteiger partial charge in [-0.1, -0.05) is 91.0 Å². The van der Waals surface area contributed by atoms with E-state index in [1.807, 2.05) is 0 Å². The highest BCUT2D eigenvalue weighted by atomic mass is 15.2. The fourth-order valence-electron chi connectivity index (χ4n) is 7.28. The number of hydrogen-bond acceptors (Lipinski definition) is 1. The van der Waals surface area contributed by atoms with Gasteiger partial charge in [-0.05, 0) is 94.5 Å². The molecule has 0 unspecified atom stereocenters. The monoisotopic (exact) mass is 550 g/mol. The van der Waals surface area contributed by atoms with E-state index in [0.29, 0.717) is 0 Å². The summed E-state index contributed by atoms with van der Waals surface area (Å²) in [6, 6.07) is 25.3. The Bertz CT molecular complexity index is 2020. The largest absolute Gasteiger partial charge is 0.343 e. The fourth-order valence-corrected chi connectivity index (χ4v) is 7.28. The van der Waals surface area contributed by atoms with Gasteiger partial charge in [0.05, 0.1) is 5.52 Å². The van der Waals surface area contributed by atoms with Crippen LogP contribution in [0, 0.1) is 0 Å². The molecule has 42 heavy (non-hydrogen) atoms. The summed E-state index contributed by atoms with van der Waals surface area (Å²) in [5, 5.41) is 9.46. The fraction of sp³-hybridized carbons (Fsp3) is 0.300. The minimum atomic E-state index is -0.123. The molecule has 5 aromatic rings. The van der Waals surface area contributed by atoms with E-state index in [1.165, 1.54) is 59.8 Å². The molecule has 0 fully saturated rings. The molecule has 0 atom stereocenters. The Labute approximate surface area is 250 Å². The number of nitrogens with zero attached hydrogens (tertiary/aromatic N) is 2. The van der Waals surface area contributed by atoms with Crippen LogP contribution in [0.4, 0.5) is 5.69 Å². The Kier molecular flexibility index (Phi) is 6.42. The highest BCUT2D eigenvalue weighted by Crippen LogP contribution is 2.37. The van der Waals surface area contributed by atoms with Gasteiger partial charge in [0, 0.05) is 49.9 Å². The smallest absolute Gasteiger partial charge is 0.0576 e. The van der Waals surface area contributed by atoms with Gasteiger partial charge < -0.3 is 9.47 Å². The van der Waals surface area contributed by atoms with Gasteiger partial charge >= 0.3 is 0 Å². The summed E-state index contributed by atoms with van der Waals surface area (Å²) < 4.78 is 2.66. The number of anilines is 1. The standard InChI is InChI=1S/C40H42N2/c1-39(2,3)41-25-13-7-6-8-16-33-35-26-28(19-20-30(35)22-24-36(33)41)27-40(4,5)42-37-18-12-11-17-32(37)34-23-21-29-14-9-10-15-31(29)38(34)42/h8-10,13-26H,6-7,11-12,27H2,1-5H3/b16-8+,25-13+. The molecule has 2 nitrogen and oxygen atoms in total. The van der Waals surface area contributed by atoms with E-state index in [9.17, 15) is 0 Å². The van der Waals surface area contributed by atoms with Crippen molar-refractivity contribution in [2.75, 3.05) is 4.90 Å². The lowest BCUT2D eigenvalue weighted by Gasteiger charge is -2.36. The maximum absolute atomic E-state index is 2.66. The summed E-state index contributed by atoms with van der Waals surface area (Å²) >= 11 is 0. The van der Waals surface area contributed by atoms with Crippen LogP contribution >= 0.6 is 0 Å². The third kappa shape index (κ3) is 4.49. The van der Waals surface area contributed by atoms with Crippen molar-refractivity contribution in [1.29, 1.82) is 0 Å². The molecule has 0 bridgehead atoms. The Morgan fingerprint density at radius 2 is 1.43 bits per heavy atom. The quantitative estimate of drug-likeness (QED) is 0.217. The molecule has 1 aliphatic carbocycles. The van der Waals surface area contributed by atoms with E-state index < -0.39 is 0 Å². The summed E-state index contributed by atoms with van der Waals surface area (Å²) in [6.07, 6.45) is 19.5. The molecular formula is C40H42N2. The van der Waals surface area contributed by atoms with Gasteiger partial charge in [0.25, 0.3) is 0 Å². The predicted octanol–water partition coefficient (Wildman–Crippen LogP) is 9.21. The summed E-state index contributed by atoms with van der Waals surface area (Å²) in [6.45, 7) is 11.7. The van der Waals surface area contributed by atoms with Crippen LogP contribution in [0.15, 0.2) is 85.1 Å². The normalized spacial score (nSPS) is 17.1. The van der Waals surface area contributed by atoms with Crippen LogP contribution in [-0.4, -0.2) is 10.1 Å². The van der Waals surface area contributed by atoms with Crippen molar-refractivity contribution < 1.29 is 0 Å². The van der Waals surface area contributed by atoms with E-state index in [2.05, 4.69) is 147 Å². The van der Waals surface area contributed by atoms with Gasteiger partial charge in [0.15, 0.2) is 0 Å². The molecule has 7 rings (SSSR count). The zero-order valence-electron chi connectivity index (χ0n) is 25.7. The zero-order chi connectivity index (χ0) is 29.1. The van der Waals surface area contributed by atoms with E-state index in [4.69, 9.17) is 0 Å². The molecule has 0 spiro atoms. The zero-order valence-corrected chi connectivity index (χ0v) is 25.7. The van der Waals surface area contributed by atoms with Crippen molar-refractivity contribution in [1.82, 2.24) is 4.57 Å². The van der Waals surface area contributed by atoms with E-state index in [1.54, 1.807) is 0 Å². The molecular weight excluding hydrogens is 508 g/mol. The average molecular weight is 551 g/mol. The van der Waals surface area contributed by atoms with Crippen LogP contribution in [0.3, 0.4) is 0 Å². The third-order valence-corrected chi connectivity index (χ3v) is 9.15. The van der Waals surface area contributed by atoms with Crippen LogP contribution < -0.4 is 15.5 Å². The molecule has 2 heterocycles. The molecule has 212 valence electrons. The number of allylic oxidation sites excluding steroid dienone is 2. The van der Waals surface area contributed by atoms with Gasteiger partial charge in [0.1, 0.15) is 0 Å². The maximum atomic E-state index is 2.66. The van der Waals surface area contributed by atoms with Crippen molar-refractivity contribution in [3.05, 3.63) is 107 Å². The van der Waals surface area contributed by atoms with Crippen LogP contribution in [0.2, 0.25) is 0 Å². The second kappa shape index (κ2) is 10.1. The Hall–Kier alpha value is -4.04. The molecule has 4 aromatic carbocycles. The molecule has 0 N–H and O–H groups in total. The first-order valence-corrected chi connectivity index (χ1v) is 15.6. The van der Waals surface area contributed by atoms with Crippen molar-refractivity contribution in [2.45, 2.75) is 77.8 Å². The maximum Gasteiger partial charge on any atom is 0.0576 e. The lowest BCUT2D eigenvalue weighted by atomic mass is 9.90. The van der Waals surface area contributed by atoms with Crippen LogP contribution in [0.5, 0.6) is 0 Å². The molecule has 0 saturated heterocycles. The molecule has 2 heteroatoms.